The number of carbonyl (C=O) groups excluding carboxylic acids is 1. The number of fused-ring (bicyclic) bond motifs is 5. The first-order chi connectivity index (χ1) is 23.8. The van der Waals surface area contributed by atoms with Gasteiger partial charge < -0.3 is 60.2 Å². The second-order valence-corrected chi connectivity index (χ2v) is 13.9. The number of aliphatic hydroxyl groups excluding tert-OH is 8. The Labute approximate surface area is 289 Å². The van der Waals surface area contributed by atoms with Crippen molar-refractivity contribution in [3.05, 3.63) is 58.7 Å². The second kappa shape index (κ2) is 14.4. The number of rotatable bonds is 5. The van der Waals surface area contributed by atoms with Crippen molar-refractivity contribution in [3.63, 3.8) is 0 Å². The fraction of sp³-hybridized carbons (Fsp3) is 0.541. The summed E-state index contributed by atoms with van der Waals surface area (Å²) in [5.41, 5.74) is 3.22. The summed E-state index contributed by atoms with van der Waals surface area (Å²) >= 11 is 0. The van der Waals surface area contributed by atoms with Gasteiger partial charge in [-0.2, -0.15) is 0 Å². The van der Waals surface area contributed by atoms with Crippen LogP contribution in [0.3, 0.4) is 0 Å². The number of nitrogens with zero attached hydrogens (tertiary/aromatic N) is 1. The van der Waals surface area contributed by atoms with Gasteiger partial charge in [-0.15, -0.1) is 0 Å². The molecule has 0 amide bonds. The molecule has 3 heterocycles. The Morgan fingerprint density at radius 3 is 1.60 bits per heavy atom. The summed E-state index contributed by atoms with van der Waals surface area (Å²) in [5, 5.41) is 91.2. The van der Waals surface area contributed by atoms with E-state index in [4.69, 9.17) is 9.47 Å². The van der Waals surface area contributed by atoms with Crippen LogP contribution in [0.5, 0.6) is 0 Å². The lowest BCUT2D eigenvalue weighted by atomic mass is 9.70. The zero-order valence-electron chi connectivity index (χ0n) is 27.5. The Balaban J connectivity index is 1.34. The Morgan fingerprint density at radius 1 is 0.760 bits per heavy atom. The van der Waals surface area contributed by atoms with Crippen LogP contribution in [0.4, 0.5) is 0 Å². The quantitative estimate of drug-likeness (QED) is 0.116. The largest absolute Gasteiger partial charge is 0.394 e. The van der Waals surface area contributed by atoms with E-state index in [0.29, 0.717) is 43.3 Å². The van der Waals surface area contributed by atoms with E-state index in [2.05, 4.69) is 23.7 Å². The summed E-state index contributed by atoms with van der Waals surface area (Å²) in [7, 11) is 0. The van der Waals surface area contributed by atoms with Gasteiger partial charge in [-0.3, -0.25) is 4.90 Å². The van der Waals surface area contributed by atoms with E-state index in [1.165, 1.54) is 6.92 Å². The number of piperidine rings is 1. The van der Waals surface area contributed by atoms with Crippen LogP contribution >= 0.6 is 0 Å². The number of hydrogen-bond donors (Lipinski definition) is 9. The minimum absolute atomic E-state index is 0.182. The van der Waals surface area contributed by atoms with Gasteiger partial charge in [0.2, 0.25) is 0 Å². The number of carbonyl (C=O) groups is 1. The highest BCUT2D eigenvalue weighted by Gasteiger charge is 2.47. The molecule has 3 saturated heterocycles. The van der Waals surface area contributed by atoms with E-state index in [-0.39, 0.29) is 6.54 Å². The highest BCUT2D eigenvalue weighted by Crippen LogP contribution is 2.54. The molecular weight excluding hydrogens is 650 g/mol. The lowest BCUT2D eigenvalue weighted by Gasteiger charge is -2.42. The van der Waals surface area contributed by atoms with Crippen LogP contribution in [0.15, 0.2) is 36.4 Å². The van der Waals surface area contributed by atoms with E-state index < -0.39 is 85.3 Å². The van der Waals surface area contributed by atoms with Crippen LogP contribution in [0.2, 0.25) is 0 Å². The summed E-state index contributed by atoms with van der Waals surface area (Å²) < 4.78 is 11.1. The van der Waals surface area contributed by atoms with Gasteiger partial charge in [-0.25, -0.2) is 0 Å². The molecule has 268 valence electrons. The van der Waals surface area contributed by atoms with Gasteiger partial charge in [0.25, 0.3) is 0 Å². The normalized spacial score (nSPS) is 34.4. The third kappa shape index (κ3) is 6.74. The molecule has 2 aromatic carbocycles. The number of aldehydes is 1. The molecule has 2 aromatic rings. The van der Waals surface area contributed by atoms with Crippen molar-refractivity contribution in [1.29, 1.82) is 0 Å². The molecule has 4 aliphatic rings. The first kappa shape index (κ1) is 36.5. The van der Waals surface area contributed by atoms with Crippen LogP contribution in [0.25, 0.3) is 11.1 Å². The van der Waals surface area contributed by atoms with Gasteiger partial charge in [0, 0.05) is 23.1 Å². The van der Waals surface area contributed by atoms with Crippen LogP contribution < -0.4 is 0 Å². The molecule has 0 bridgehead atoms. The van der Waals surface area contributed by atoms with Crippen LogP contribution in [0.1, 0.15) is 42.0 Å². The Morgan fingerprint density at radius 2 is 1.20 bits per heavy atom. The molecule has 0 aromatic heterocycles. The molecule has 1 aliphatic carbocycles. The predicted molar refractivity (Wildman–Crippen MR) is 176 cm³/mol. The topological polar surface area (TPSA) is 221 Å². The molecule has 0 radical (unpaired) electrons. The molecule has 50 heavy (non-hydrogen) atoms. The minimum atomic E-state index is -1.54. The summed E-state index contributed by atoms with van der Waals surface area (Å²) in [4.78, 5) is 13.5. The summed E-state index contributed by atoms with van der Waals surface area (Å²) in [6.07, 6.45) is -11.7. The predicted octanol–water partition coefficient (Wildman–Crippen LogP) is -2.61. The minimum Gasteiger partial charge on any atom is -0.394 e. The number of likely N-dealkylation sites (tertiary alicyclic amines) is 1. The van der Waals surface area contributed by atoms with Gasteiger partial charge in [0.1, 0.15) is 66.6 Å². The van der Waals surface area contributed by atoms with E-state index in [9.17, 15) is 50.8 Å². The maximum atomic E-state index is 11.5. The maximum absolute atomic E-state index is 11.5. The van der Waals surface area contributed by atoms with E-state index in [0.717, 1.165) is 22.3 Å². The first-order valence-electron chi connectivity index (χ1n) is 16.7. The fourth-order valence-electron chi connectivity index (χ4n) is 7.52. The van der Waals surface area contributed by atoms with Crippen LogP contribution in [0, 0.1) is 23.7 Å². The zero-order chi connectivity index (χ0) is 36.0. The zero-order valence-corrected chi connectivity index (χ0v) is 27.5. The summed E-state index contributed by atoms with van der Waals surface area (Å²) in [6, 6.07) is 11.5. The molecule has 11 atom stereocenters. The number of benzene rings is 2. The van der Waals surface area contributed by atoms with Crippen molar-refractivity contribution < 1.29 is 60.2 Å². The molecule has 13 heteroatoms. The Bertz CT molecular complexity index is 1590. The Hall–Kier alpha value is -3.25. The second-order valence-electron chi connectivity index (χ2n) is 13.9. The van der Waals surface area contributed by atoms with Crippen molar-refractivity contribution >= 4 is 6.29 Å². The SMILES string of the molecule is CC(O)(C=O)CN1CCC2(CC1)c1cc(C#C[C@H]3O[C@H](CO)[C@@H](O)[C@H](O)[C@H]3O)ccc1-c1ccc(C#C[C@H]3O[C@H](CO)[C@@H](O)[C@H](O)[C@H]3O)cc12. The average molecular weight is 694 g/mol. The highest BCUT2D eigenvalue weighted by molar-refractivity contribution is 5.82. The lowest BCUT2D eigenvalue weighted by molar-refractivity contribution is -0.214. The van der Waals surface area contributed by atoms with Gasteiger partial charge in [-0.1, -0.05) is 35.8 Å². The number of aliphatic hydroxyl groups is 9. The van der Waals surface area contributed by atoms with E-state index >= 15 is 0 Å². The van der Waals surface area contributed by atoms with Gasteiger partial charge in [0.15, 0.2) is 6.29 Å². The third-order valence-electron chi connectivity index (χ3n) is 10.4. The van der Waals surface area contributed by atoms with Gasteiger partial charge in [-0.05, 0) is 79.4 Å². The number of hydrogen-bond acceptors (Lipinski definition) is 13. The third-order valence-corrected chi connectivity index (χ3v) is 10.4. The van der Waals surface area contributed by atoms with Crippen molar-refractivity contribution in [2.75, 3.05) is 32.8 Å². The van der Waals surface area contributed by atoms with Gasteiger partial charge >= 0.3 is 0 Å². The smallest absolute Gasteiger partial charge is 0.152 e. The number of ether oxygens (including phenoxy) is 2. The monoisotopic (exact) mass is 693 g/mol. The van der Waals surface area contributed by atoms with Gasteiger partial charge in [0.05, 0.1) is 13.2 Å². The molecule has 9 N–H and O–H groups in total. The fourth-order valence-corrected chi connectivity index (χ4v) is 7.52. The molecule has 1 unspecified atom stereocenters. The molecule has 6 rings (SSSR count). The van der Waals surface area contributed by atoms with Crippen molar-refractivity contribution in [1.82, 2.24) is 4.90 Å². The molecule has 1 spiro atoms. The van der Waals surface area contributed by atoms with Crippen molar-refractivity contribution in [3.8, 4) is 34.8 Å². The van der Waals surface area contributed by atoms with Crippen molar-refractivity contribution in [2.45, 2.75) is 91.8 Å². The number of β-amino-alcohol motifs (C(OH)–C–C–N with tert-alkyl or cyclic N) is 1. The average Bonchev–Trinajstić information content (AvgIpc) is 3.37. The molecule has 3 fully saturated rings. The molecular formula is C37H43NO12. The molecule has 13 nitrogen and oxygen atoms in total. The van der Waals surface area contributed by atoms with E-state index in [1.807, 2.05) is 41.3 Å². The van der Waals surface area contributed by atoms with Crippen LogP contribution in [-0.2, 0) is 19.7 Å². The highest BCUT2D eigenvalue weighted by atomic mass is 16.5. The molecule has 0 saturated carbocycles. The lowest BCUT2D eigenvalue weighted by Crippen LogP contribution is -2.58. The molecule has 3 aliphatic heterocycles. The maximum Gasteiger partial charge on any atom is 0.152 e. The van der Waals surface area contributed by atoms with Crippen LogP contribution in [-0.4, -0.2) is 157 Å². The summed E-state index contributed by atoms with van der Waals surface area (Å²) in [5.74, 6) is 11.8. The standard InChI is InChI=1S/C37H43NO12/c1-36(48,19-41)18-38-12-10-37(11-13-38)24-14-20(4-8-26-30(42)34(46)32(44)28(16-39)49-26)2-6-22(24)23-7-3-21(15-25(23)37)5-9-27-31(43)35(47)33(45)29(17-40)50-27/h2-3,6-7,14-15,19,26-35,39-40,42-48H,10-13,16-18H2,1H3/t26-,27-,28-,29-,30+,31+,32-,33-,34-,35-,36?/m1/s1. The van der Waals surface area contributed by atoms with E-state index in [1.54, 1.807) is 0 Å². The van der Waals surface area contributed by atoms with Crippen molar-refractivity contribution in [2.24, 2.45) is 0 Å². The Kier molecular flexibility index (Phi) is 10.5. The first-order valence-corrected chi connectivity index (χ1v) is 16.7. The summed E-state index contributed by atoms with van der Waals surface area (Å²) in [6.45, 7) is 1.69.